The van der Waals surface area contributed by atoms with Crippen molar-refractivity contribution >= 4 is 50.7 Å². The molecule has 0 bridgehead atoms. The molecule has 1 saturated heterocycles. The summed E-state index contributed by atoms with van der Waals surface area (Å²) in [6.07, 6.45) is 0. The van der Waals surface area contributed by atoms with Gasteiger partial charge in [0.1, 0.15) is 5.92 Å². The Kier molecular flexibility index (Phi) is 3.93. The van der Waals surface area contributed by atoms with Crippen molar-refractivity contribution in [1.29, 1.82) is 0 Å². The number of alkyl halides is 1. The molecule has 2 N–H and O–H groups in total. The number of H-pyrrole nitrogens is 1. The highest BCUT2D eigenvalue weighted by molar-refractivity contribution is 9.10. The standard InChI is InChI=1S/C10H11BrClN3O2S/c1-15-3-4(6(9(15)18)10(16)17)8-7(11)5(2-12)13-14-8/h4,6H,2-3H2,1H3,(H,13,14)(H,16,17). The van der Waals surface area contributed by atoms with Gasteiger partial charge in [-0.1, -0.05) is 12.2 Å². The van der Waals surface area contributed by atoms with Gasteiger partial charge in [0, 0.05) is 19.5 Å². The van der Waals surface area contributed by atoms with Crippen LogP contribution in [0.3, 0.4) is 0 Å². The highest BCUT2D eigenvalue weighted by Crippen LogP contribution is 2.37. The van der Waals surface area contributed by atoms with Gasteiger partial charge in [-0.2, -0.15) is 5.10 Å². The maximum atomic E-state index is 11.3. The molecule has 1 aromatic heterocycles. The average molecular weight is 353 g/mol. The predicted molar refractivity (Wildman–Crippen MR) is 74.9 cm³/mol. The van der Waals surface area contributed by atoms with Gasteiger partial charge in [0.25, 0.3) is 0 Å². The van der Waals surface area contributed by atoms with Crippen molar-refractivity contribution in [3.05, 3.63) is 15.9 Å². The molecule has 98 valence electrons. The van der Waals surface area contributed by atoms with Crippen LogP contribution in [0.15, 0.2) is 4.47 Å². The van der Waals surface area contributed by atoms with Gasteiger partial charge in [-0.05, 0) is 15.9 Å². The second kappa shape index (κ2) is 5.14. The summed E-state index contributed by atoms with van der Waals surface area (Å²) in [4.78, 5) is 13.6. The molecule has 2 rings (SSSR count). The van der Waals surface area contributed by atoms with Crippen LogP contribution in [0.5, 0.6) is 0 Å². The maximum absolute atomic E-state index is 11.3. The molecule has 2 atom stereocenters. The number of carboxylic acids is 1. The molecule has 0 aliphatic carbocycles. The van der Waals surface area contributed by atoms with Crippen LogP contribution in [0.4, 0.5) is 0 Å². The lowest BCUT2D eigenvalue weighted by atomic mass is 9.93. The molecule has 1 aromatic rings. The van der Waals surface area contributed by atoms with E-state index in [2.05, 4.69) is 26.1 Å². The fraction of sp³-hybridized carbons (Fsp3) is 0.500. The topological polar surface area (TPSA) is 69.2 Å². The minimum Gasteiger partial charge on any atom is -0.481 e. The third kappa shape index (κ3) is 2.15. The molecule has 18 heavy (non-hydrogen) atoms. The third-order valence-corrected chi connectivity index (χ3v) is 4.78. The summed E-state index contributed by atoms with van der Waals surface area (Å²) in [7, 11) is 1.79. The second-order valence-electron chi connectivity index (χ2n) is 4.18. The Labute approximate surface area is 123 Å². The average Bonchev–Trinajstić information content (AvgIpc) is 2.80. The number of rotatable bonds is 3. The molecule has 8 heteroatoms. The Bertz CT molecular complexity index is 507. The predicted octanol–water partition coefficient (Wildman–Crippen LogP) is 1.97. The van der Waals surface area contributed by atoms with E-state index in [9.17, 15) is 9.90 Å². The number of hydrogen-bond donors (Lipinski definition) is 2. The number of aromatic amines is 1. The largest absolute Gasteiger partial charge is 0.481 e. The van der Waals surface area contributed by atoms with E-state index in [1.54, 1.807) is 11.9 Å². The summed E-state index contributed by atoms with van der Waals surface area (Å²) in [5.74, 6) is -1.61. The second-order valence-corrected chi connectivity index (χ2v) is 5.65. The zero-order chi connectivity index (χ0) is 13.4. The highest BCUT2D eigenvalue weighted by atomic mass is 79.9. The Morgan fingerprint density at radius 2 is 2.44 bits per heavy atom. The number of aliphatic carboxylic acids is 1. The fourth-order valence-corrected chi connectivity index (χ4v) is 3.44. The van der Waals surface area contributed by atoms with Crippen molar-refractivity contribution in [2.75, 3.05) is 13.6 Å². The molecule has 1 fully saturated rings. The van der Waals surface area contributed by atoms with Gasteiger partial charge < -0.3 is 10.0 Å². The van der Waals surface area contributed by atoms with Gasteiger partial charge in [-0.15, -0.1) is 11.6 Å². The SMILES string of the molecule is CN1CC(c2n[nH]c(CCl)c2Br)C(C(=O)O)C1=S. The molecule has 1 aliphatic rings. The van der Waals surface area contributed by atoms with Crippen molar-refractivity contribution in [1.82, 2.24) is 15.1 Å². The number of carboxylic acid groups (broad SMARTS) is 1. The smallest absolute Gasteiger partial charge is 0.314 e. The number of nitrogens with zero attached hydrogens (tertiary/aromatic N) is 2. The summed E-state index contributed by atoms with van der Waals surface area (Å²) in [6.45, 7) is 0.543. The highest BCUT2D eigenvalue weighted by Gasteiger charge is 2.43. The number of halogens is 2. The molecule has 1 aliphatic heterocycles. The lowest BCUT2D eigenvalue weighted by Gasteiger charge is -2.11. The molecule has 0 radical (unpaired) electrons. The molecule has 0 aromatic carbocycles. The summed E-state index contributed by atoms with van der Waals surface area (Å²) in [5, 5.41) is 16.3. The Hall–Kier alpha value is -0.660. The van der Waals surface area contributed by atoms with E-state index in [0.29, 0.717) is 23.1 Å². The van der Waals surface area contributed by atoms with E-state index in [1.807, 2.05) is 0 Å². The summed E-state index contributed by atoms with van der Waals surface area (Å²) < 4.78 is 0.742. The van der Waals surface area contributed by atoms with E-state index in [4.69, 9.17) is 23.8 Å². The molecular formula is C10H11BrClN3O2S. The van der Waals surface area contributed by atoms with Crippen molar-refractivity contribution in [2.45, 2.75) is 11.8 Å². The first kappa shape index (κ1) is 13.8. The number of aromatic nitrogens is 2. The summed E-state index contributed by atoms with van der Waals surface area (Å²) in [5.41, 5.74) is 1.42. The minimum atomic E-state index is -0.920. The fourth-order valence-electron chi connectivity index (χ4n) is 2.14. The van der Waals surface area contributed by atoms with Crippen LogP contribution in [-0.2, 0) is 10.7 Å². The summed E-state index contributed by atoms with van der Waals surface area (Å²) >= 11 is 14.3. The van der Waals surface area contributed by atoms with E-state index in [0.717, 1.165) is 10.2 Å². The Morgan fingerprint density at radius 3 is 2.94 bits per heavy atom. The number of likely N-dealkylation sites (N-methyl/N-ethyl adjacent to an activating group) is 1. The van der Waals surface area contributed by atoms with E-state index < -0.39 is 11.9 Å². The van der Waals surface area contributed by atoms with Crippen LogP contribution in [0, 0.1) is 5.92 Å². The van der Waals surface area contributed by atoms with E-state index in [1.165, 1.54) is 0 Å². The molecular weight excluding hydrogens is 342 g/mol. The number of thiocarbonyl (C=S) groups is 1. The lowest BCUT2D eigenvalue weighted by Crippen LogP contribution is -2.26. The van der Waals surface area contributed by atoms with Crippen molar-refractivity contribution < 1.29 is 9.90 Å². The first-order valence-corrected chi connectivity index (χ1v) is 6.97. The van der Waals surface area contributed by atoms with Crippen LogP contribution >= 0.6 is 39.7 Å². The van der Waals surface area contributed by atoms with E-state index >= 15 is 0 Å². The van der Waals surface area contributed by atoms with E-state index in [-0.39, 0.29) is 5.92 Å². The molecule has 2 heterocycles. The van der Waals surface area contributed by atoms with Gasteiger partial charge in [-0.25, -0.2) is 0 Å². The zero-order valence-corrected chi connectivity index (χ0v) is 12.6. The quantitative estimate of drug-likeness (QED) is 0.643. The zero-order valence-electron chi connectivity index (χ0n) is 9.48. The van der Waals surface area contributed by atoms with Crippen LogP contribution in [0.25, 0.3) is 0 Å². The van der Waals surface area contributed by atoms with Gasteiger partial charge in [0.05, 0.1) is 26.7 Å². The van der Waals surface area contributed by atoms with Gasteiger partial charge >= 0.3 is 5.97 Å². The molecule has 0 spiro atoms. The first-order valence-electron chi connectivity index (χ1n) is 5.23. The van der Waals surface area contributed by atoms with Crippen molar-refractivity contribution in [3.63, 3.8) is 0 Å². The Balaban J connectivity index is 2.40. The maximum Gasteiger partial charge on any atom is 0.314 e. The molecule has 2 unspecified atom stereocenters. The number of nitrogens with one attached hydrogen (secondary N) is 1. The van der Waals surface area contributed by atoms with Gasteiger partial charge in [0.15, 0.2) is 0 Å². The molecule has 0 amide bonds. The summed E-state index contributed by atoms with van der Waals surface area (Å²) in [6, 6.07) is 0. The van der Waals surface area contributed by atoms with Gasteiger partial charge in [-0.3, -0.25) is 9.89 Å². The van der Waals surface area contributed by atoms with Crippen LogP contribution in [0.1, 0.15) is 17.3 Å². The minimum absolute atomic E-state index is 0.261. The van der Waals surface area contributed by atoms with Gasteiger partial charge in [0.2, 0.25) is 0 Å². The Morgan fingerprint density at radius 1 is 1.78 bits per heavy atom. The van der Waals surface area contributed by atoms with Crippen LogP contribution in [0.2, 0.25) is 0 Å². The first-order chi connectivity index (χ1) is 8.47. The molecule has 5 nitrogen and oxygen atoms in total. The normalized spacial score (nSPS) is 23.7. The van der Waals surface area contributed by atoms with Crippen LogP contribution < -0.4 is 0 Å². The number of likely N-dealkylation sites (tertiary alicyclic amines) is 1. The lowest BCUT2D eigenvalue weighted by molar-refractivity contribution is -0.139. The number of carbonyl (C=O) groups is 1. The van der Waals surface area contributed by atoms with Crippen molar-refractivity contribution in [2.24, 2.45) is 5.92 Å². The third-order valence-electron chi connectivity index (χ3n) is 3.07. The monoisotopic (exact) mass is 351 g/mol. The molecule has 0 saturated carbocycles. The number of hydrogen-bond acceptors (Lipinski definition) is 3. The van der Waals surface area contributed by atoms with Crippen molar-refractivity contribution in [3.8, 4) is 0 Å². The van der Waals surface area contributed by atoms with Crippen LogP contribution in [-0.4, -0.2) is 44.8 Å².